The number of hydrogen-bond donors (Lipinski definition) is 2. The predicted octanol–water partition coefficient (Wildman–Crippen LogP) is 1.32. The summed E-state index contributed by atoms with van der Waals surface area (Å²) in [7, 11) is -4.19. The summed E-state index contributed by atoms with van der Waals surface area (Å²) in [6, 6.07) is 0. The molecular formula is C5H13O4PSe. The second-order valence-electron chi connectivity index (χ2n) is 2.09. The van der Waals surface area contributed by atoms with Crippen LogP contribution in [0.1, 0.15) is 26.2 Å². The summed E-state index contributed by atoms with van der Waals surface area (Å²) in [4.78, 5) is 16.6. The summed E-state index contributed by atoms with van der Waals surface area (Å²) in [5.41, 5.74) is 0. The zero-order valence-electron chi connectivity index (χ0n) is 6.39. The maximum absolute atomic E-state index is 10.2. The van der Waals surface area contributed by atoms with Crippen LogP contribution < -0.4 is 0 Å². The van der Waals surface area contributed by atoms with E-state index < -0.39 is 7.82 Å². The number of unbranched alkanes of at least 4 members (excludes halogenated alkanes) is 2. The second kappa shape index (κ2) is 6.18. The van der Waals surface area contributed by atoms with Crippen LogP contribution in [-0.2, 0) is 8.17 Å². The third-order valence-corrected chi connectivity index (χ3v) is 4.12. The standard InChI is InChI=1S/C5H13O4PSe/c1-2-3-4-5-11-9-10(6,7)8/h2-5H2,1H3,(H2,6,7,8). The molecule has 11 heavy (non-hydrogen) atoms. The van der Waals surface area contributed by atoms with Gasteiger partial charge in [-0.2, -0.15) is 0 Å². The first kappa shape index (κ1) is 11.6. The Hall–Kier alpha value is 0.629. The van der Waals surface area contributed by atoms with Gasteiger partial charge in [-0.05, 0) is 0 Å². The summed E-state index contributed by atoms with van der Waals surface area (Å²) in [5.74, 6) is 0. The van der Waals surface area contributed by atoms with Gasteiger partial charge in [0.05, 0.1) is 0 Å². The van der Waals surface area contributed by atoms with Gasteiger partial charge in [0.1, 0.15) is 0 Å². The molecule has 0 fully saturated rings. The molecule has 0 spiro atoms. The van der Waals surface area contributed by atoms with Gasteiger partial charge in [0.15, 0.2) is 0 Å². The molecule has 0 amide bonds. The molecule has 0 atom stereocenters. The van der Waals surface area contributed by atoms with Crippen molar-refractivity contribution in [3.8, 4) is 0 Å². The Kier molecular flexibility index (Phi) is 6.53. The van der Waals surface area contributed by atoms with Crippen LogP contribution in [0.5, 0.6) is 0 Å². The molecule has 0 heterocycles. The van der Waals surface area contributed by atoms with Crippen LogP contribution in [0.4, 0.5) is 0 Å². The van der Waals surface area contributed by atoms with Gasteiger partial charge in [-0.1, -0.05) is 0 Å². The molecule has 0 unspecified atom stereocenters. The van der Waals surface area contributed by atoms with Gasteiger partial charge >= 0.3 is 72.6 Å². The maximum atomic E-state index is 10.2. The van der Waals surface area contributed by atoms with Crippen molar-refractivity contribution in [3.63, 3.8) is 0 Å². The van der Waals surface area contributed by atoms with Crippen molar-refractivity contribution in [1.29, 1.82) is 0 Å². The third kappa shape index (κ3) is 10.6. The van der Waals surface area contributed by atoms with Crippen LogP contribution in [0, 0.1) is 0 Å². The predicted molar refractivity (Wildman–Crippen MR) is 43.2 cm³/mol. The number of hydrogen-bond acceptors (Lipinski definition) is 2. The molecule has 0 aromatic heterocycles. The Morgan fingerprint density at radius 3 is 2.55 bits per heavy atom. The Balaban J connectivity index is 3.09. The molecule has 6 heteroatoms. The Morgan fingerprint density at radius 1 is 1.45 bits per heavy atom. The molecule has 0 saturated heterocycles. The summed E-state index contributed by atoms with van der Waals surface area (Å²) in [6.07, 6.45) is 3.22. The van der Waals surface area contributed by atoms with Crippen LogP contribution in [0.2, 0.25) is 5.32 Å². The minimum absolute atomic E-state index is 0.353. The third-order valence-electron chi connectivity index (χ3n) is 0.981. The van der Waals surface area contributed by atoms with Crippen LogP contribution >= 0.6 is 7.82 Å². The summed E-state index contributed by atoms with van der Waals surface area (Å²) in [6.45, 7) is 2.08. The van der Waals surface area contributed by atoms with Crippen molar-refractivity contribution in [3.05, 3.63) is 0 Å². The summed E-state index contributed by atoms with van der Waals surface area (Å²) >= 11 is -0.353. The van der Waals surface area contributed by atoms with Gasteiger partial charge in [0, 0.05) is 0 Å². The first-order valence-corrected chi connectivity index (χ1v) is 6.87. The number of phosphoric acid groups is 1. The molecule has 0 bridgehead atoms. The fraction of sp³-hybridized carbons (Fsp3) is 1.00. The van der Waals surface area contributed by atoms with Crippen LogP contribution in [0.3, 0.4) is 0 Å². The van der Waals surface area contributed by atoms with E-state index >= 15 is 0 Å². The molecule has 0 aromatic carbocycles. The van der Waals surface area contributed by atoms with Gasteiger partial charge in [0.2, 0.25) is 0 Å². The molecular weight excluding hydrogens is 234 g/mol. The monoisotopic (exact) mass is 248 g/mol. The first-order valence-electron chi connectivity index (χ1n) is 3.43. The second-order valence-corrected chi connectivity index (χ2v) is 5.51. The minimum atomic E-state index is -4.19. The molecule has 0 aliphatic heterocycles. The summed E-state index contributed by atoms with van der Waals surface area (Å²) in [5, 5.41) is 0.784. The molecule has 4 nitrogen and oxygen atoms in total. The molecule has 0 aliphatic carbocycles. The average Bonchev–Trinajstić information content (AvgIpc) is 1.85. The molecule has 0 radical (unpaired) electrons. The van der Waals surface area contributed by atoms with E-state index in [1.54, 1.807) is 0 Å². The van der Waals surface area contributed by atoms with Gasteiger partial charge < -0.3 is 0 Å². The topological polar surface area (TPSA) is 66.8 Å². The number of rotatable bonds is 6. The van der Waals surface area contributed by atoms with Gasteiger partial charge in [-0.25, -0.2) is 0 Å². The van der Waals surface area contributed by atoms with Crippen LogP contribution in [0.15, 0.2) is 0 Å². The molecule has 0 saturated carbocycles. The van der Waals surface area contributed by atoms with Crippen molar-refractivity contribution in [2.75, 3.05) is 0 Å². The van der Waals surface area contributed by atoms with Crippen molar-refractivity contribution in [2.24, 2.45) is 0 Å². The van der Waals surface area contributed by atoms with E-state index in [2.05, 4.69) is 10.5 Å². The van der Waals surface area contributed by atoms with Gasteiger partial charge in [0.25, 0.3) is 0 Å². The van der Waals surface area contributed by atoms with Crippen LogP contribution in [-0.4, -0.2) is 25.1 Å². The normalized spacial score (nSPS) is 11.9. The molecule has 0 rings (SSSR count). The Labute approximate surface area is 73.1 Å². The van der Waals surface area contributed by atoms with Crippen molar-refractivity contribution in [2.45, 2.75) is 31.5 Å². The zero-order chi connectivity index (χ0) is 8.74. The Bertz CT molecular complexity index is 134. The van der Waals surface area contributed by atoms with Gasteiger partial charge in [-0.15, -0.1) is 0 Å². The van der Waals surface area contributed by atoms with E-state index in [0.29, 0.717) is 0 Å². The SMILES string of the molecule is CCCCC[Se]OP(=O)(O)O. The molecule has 0 aromatic rings. The fourth-order valence-corrected chi connectivity index (χ4v) is 2.74. The zero-order valence-corrected chi connectivity index (χ0v) is 9.00. The summed E-state index contributed by atoms with van der Waals surface area (Å²) < 4.78 is 14.5. The molecule has 68 valence electrons. The average molecular weight is 247 g/mol. The van der Waals surface area contributed by atoms with Gasteiger partial charge in [-0.3, -0.25) is 0 Å². The first-order chi connectivity index (χ1) is 5.06. The fourth-order valence-electron chi connectivity index (χ4n) is 0.517. The van der Waals surface area contributed by atoms with Crippen molar-refractivity contribution >= 4 is 23.1 Å². The Morgan fingerprint density at radius 2 is 2.09 bits per heavy atom. The van der Waals surface area contributed by atoms with E-state index in [4.69, 9.17) is 9.79 Å². The quantitative estimate of drug-likeness (QED) is 0.422. The van der Waals surface area contributed by atoms with E-state index in [0.717, 1.165) is 24.6 Å². The van der Waals surface area contributed by atoms with E-state index in [1.807, 2.05) is 0 Å². The van der Waals surface area contributed by atoms with E-state index in [9.17, 15) is 4.57 Å². The van der Waals surface area contributed by atoms with Crippen molar-refractivity contribution < 1.29 is 18.0 Å². The van der Waals surface area contributed by atoms with Crippen LogP contribution in [0.25, 0.3) is 0 Å². The van der Waals surface area contributed by atoms with E-state index in [-0.39, 0.29) is 15.3 Å². The molecule has 2 N–H and O–H groups in total. The van der Waals surface area contributed by atoms with Crippen molar-refractivity contribution in [1.82, 2.24) is 0 Å². The molecule has 0 aliphatic rings. The van der Waals surface area contributed by atoms with E-state index in [1.165, 1.54) is 0 Å².